The van der Waals surface area contributed by atoms with Crippen LogP contribution in [0.1, 0.15) is 33.1 Å². The number of ether oxygens (including phenoxy) is 1. The van der Waals surface area contributed by atoms with Gasteiger partial charge in [0.15, 0.2) is 0 Å². The predicted octanol–water partition coefficient (Wildman–Crippen LogP) is 1.90. The minimum atomic E-state index is -3.61. The molecule has 0 radical (unpaired) electrons. The van der Waals surface area contributed by atoms with Crippen molar-refractivity contribution in [2.45, 2.75) is 44.0 Å². The van der Waals surface area contributed by atoms with Crippen LogP contribution in [0.25, 0.3) is 0 Å². The molecule has 2 rings (SSSR count). The molecule has 0 aromatic heterocycles. The Kier molecular flexibility index (Phi) is 5.08. The van der Waals surface area contributed by atoms with E-state index in [1.807, 2.05) is 13.8 Å². The Hall–Kier alpha value is -1.60. The quantitative estimate of drug-likeness (QED) is 0.866. The Labute approximate surface area is 131 Å². The lowest BCUT2D eigenvalue weighted by atomic mass is 10.2. The van der Waals surface area contributed by atoms with Crippen molar-refractivity contribution in [3.05, 3.63) is 18.2 Å². The molecule has 1 saturated heterocycles. The van der Waals surface area contributed by atoms with Gasteiger partial charge in [-0.2, -0.15) is 0 Å². The standard InChI is InChI=1S/C15H22N2O4S/c1-4-11(2)16-22(19,20)12-7-8-14(21-3)13(10-12)17-9-5-6-15(17)18/h7-8,10-11,16H,4-6,9H2,1-3H3. The van der Waals surface area contributed by atoms with Crippen molar-refractivity contribution in [3.8, 4) is 5.75 Å². The summed E-state index contributed by atoms with van der Waals surface area (Å²) in [6.45, 7) is 4.30. The monoisotopic (exact) mass is 326 g/mol. The molecule has 1 aliphatic rings. The van der Waals surface area contributed by atoms with E-state index in [0.717, 1.165) is 6.42 Å². The Morgan fingerprint density at radius 3 is 2.68 bits per heavy atom. The van der Waals surface area contributed by atoms with Crippen LogP contribution in [-0.2, 0) is 14.8 Å². The number of carbonyl (C=O) groups is 1. The zero-order valence-corrected chi connectivity index (χ0v) is 13.9. The summed E-state index contributed by atoms with van der Waals surface area (Å²) in [4.78, 5) is 13.7. The highest BCUT2D eigenvalue weighted by atomic mass is 32.2. The smallest absolute Gasteiger partial charge is 0.240 e. The lowest BCUT2D eigenvalue weighted by Crippen LogP contribution is -2.32. The van der Waals surface area contributed by atoms with E-state index in [0.29, 0.717) is 30.8 Å². The van der Waals surface area contributed by atoms with E-state index in [1.54, 1.807) is 11.0 Å². The first-order chi connectivity index (χ1) is 10.4. The molecular formula is C15H22N2O4S. The van der Waals surface area contributed by atoms with Gasteiger partial charge in [-0.05, 0) is 38.0 Å². The first-order valence-corrected chi connectivity index (χ1v) is 8.88. The zero-order valence-electron chi connectivity index (χ0n) is 13.1. The van der Waals surface area contributed by atoms with Crippen LogP contribution in [-0.4, -0.2) is 34.0 Å². The zero-order chi connectivity index (χ0) is 16.3. The molecule has 0 spiro atoms. The van der Waals surface area contributed by atoms with Crippen LogP contribution in [0.4, 0.5) is 5.69 Å². The topological polar surface area (TPSA) is 75.7 Å². The molecule has 1 heterocycles. The van der Waals surface area contributed by atoms with Crippen LogP contribution < -0.4 is 14.4 Å². The Bertz CT molecular complexity index is 658. The number of methoxy groups -OCH3 is 1. The summed E-state index contributed by atoms with van der Waals surface area (Å²) in [6, 6.07) is 4.44. The second-order valence-corrected chi connectivity index (χ2v) is 7.13. The Morgan fingerprint density at radius 2 is 2.14 bits per heavy atom. The highest BCUT2D eigenvalue weighted by Crippen LogP contribution is 2.33. The number of sulfonamides is 1. The first kappa shape index (κ1) is 16.8. The lowest BCUT2D eigenvalue weighted by molar-refractivity contribution is -0.117. The number of nitrogens with one attached hydrogen (secondary N) is 1. The molecule has 6 nitrogen and oxygen atoms in total. The molecule has 1 fully saturated rings. The van der Waals surface area contributed by atoms with E-state index in [2.05, 4.69) is 4.72 Å². The van der Waals surface area contributed by atoms with Crippen molar-refractivity contribution in [1.29, 1.82) is 0 Å². The van der Waals surface area contributed by atoms with Crippen LogP contribution in [0.3, 0.4) is 0 Å². The van der Waals surface area contributed by atoms with Gasteiger partial charge in [-0.15, -0.1) is 0 Å². The average Bonchev–Trinajstić information content (AvgIpc) is 2.92. The molecule has 0 bridgehead atoms. The predicted molar refractivity (Wildman–Crippen MR) is 84.7 cm³/mol. The summed E-state index contributed by atoms with van der Waals surface area (Å²) in [6.07, 6.45) is 1.95. The van der Waals surface area contributed by atoms with E-state index in [4.69, 9.17) is 4.74 Å². The molecule has 22 heavy (non-hydrogen) atoms. The van der Waals surface area contributed by atoms with Crippen molar-refractivity contribution in [1.82, 2.24) is 4.72 Å². The number of nitrogens with zero attached hydrogens (tertiary/aromatic N) is 1. The van der Waals surface area contributed by atoms with Gasteiger partial charge in [-0.1, -0.05) is 6.92 Å². The van der Waals surface area contributed by atoms with Gasteiger partial charge in [-0.25, -0.2) is 13.1 Å². The first-order valence-electron chi connectivity index (χ1n) is 7.39. The lowest BCUT2D eigenvalue weighted by Gasteiger charge is -2.20. The number of anilines is 1. The highest BCUT2D eigenvalue weighted by molar-refractivity contribution is 7.89. The summed E-state index contributed by atoms with van der Waals surface area (Å²) in [7, 11) is -2.10. The normalized spacial score (nSPS) is 16.9. The maximum absolute atomic E-state index is 12.4. The van der Waals surface area contributed by atoms with Crippen molar-refractivity contribution in [2.24, 2.45) is 0 Å². The SMILES string of the molecule is CCC(C)NS(=O)(=O)c1ccc(OC)c(N2CCCC2=O)c1. The Morgan fingerprint density at radius 1 is 1.41 bits per heavy atom. The summed E-state index contributed by atoms with van der Waals surface area (Å²) in [5.41, 5.74) is 0.511. The fourth-order valence-corrected chi connectivity index (χ4v) is 3.71. The molecule has 0 saturated carbocycles. The van der Waals surface area contributed by atoms with Crippen molar-refractivity contribution in [3.63, 3.8) is 0 Å². The number of hydrogen-bond donors (Lipinski definition) is 1. The molecule has 0 aliphatic carbocycles. The molecule has 1 aliphatic heterocycles. The van der Waals surface area contributed by atoms with E-state index in [-0.39, 0.29) is 16.8 Å². The maximum atomic E-state index is 12.4. The van der Waals surface area contributed by atoms with Crippen molar-refractivity contribution < 1.29 is 17.9 Å². The van der Waals surface area contributed by atoms with E-state index >= 15 is 0 Å². The second-order valence-electron chi connectivity index (χ2n) is 5.41. The molecule has 1 N–H and O–H groups in total. The number of rotatable bonds is 6. The Balaban J connectivity index is 2.41. The van der Waals surface area contributed by atoms with Crippen LogP contribution in [0.15, 0.2) is 23.1 Å². The molecule has 1 amide bonds. The number of benzene rings is 1. The van der Waals surface area contributed by atoms with Gasteiger partial charge < -0.3 is 9.64 Å². The number of carbonyl (C=O) groups excluding carboxylic acids is 1. The molecule has 1 aromatic carbocycles. The van der Waals surface area contributed by atoms with Gasteiger partial charge >= 0.3 is 0 Å². The van der Waals surface area contributed by atoms with Gasteiger partial charge in [0.1, 0.15) is 5.75 Å². The van der Waals surface area contributed by atoms with E-state index in [9.17, 15) is 13.2 Å². The minimum absolute atomic E-state index is 0.0114. The average molecular weight is 326 g/mol. The van der Waals surface area contributed by atoms with Crippen LogP contribution in [0.2, 0.25) is 0 Å². The fraction of sp³-hybridized carbons (Fsp3) is 0.533. The summed E-state index contributed by atoms with van der Waals surface area (Å²) in [5.74, 6) is 0.487. The largest absolute Gasteiger partial charge is 0.495 e. The molecule has 122 valence electrons. The summed E-state index contributed by atoms with van der Waals surface area (Å²) in [5, 5.41) is 0. The van der Waals surface area contributed by atoms with Crippen LogP contribution in [0.5, 0.6) is 5.75 Å². The van der Waals surface area contributed by atoms with E-state index < -0.39 is 10.0 Å². The molecule has 7 heteroatoms. The molecule has 1 aromatic rings. The summed E-state index contributed by atoms with van der Waals surface area (Å²) >= 11 is 0. The summed E-state index contributed by atoms with van der Waals surface area (Å²) < 4.78 is 32.7. The van der Waals surface area contributed by atoms with Crippen LogP contribution >= 0.6 is 0 Å². The fourth-order valence-electron chi connectivity index (χ4n) is 2.37. The van der Waals surface area contributed by atoms with Crippen molar-refractivity contribution in [2.75, 3.05) is 18.6 Å². The third-order valence-electron chi connectivity index (χ3n) is 3.79. The third kappa shape index (κ3) is 3.41. The number of amides is 1. The molecule has 1 unspecified atom stereocenters. The van der Waals surface area contributed by atoms with Gasteiger partial charge in [0.2, 0.25) is 15.9 Å². The maximum Gasteiger partial charge on any atom is 0.240 e. The van der Waals surface area contributed by atoms with Gasteiger partial charge in [0.25, 0.3) is 0 Å². The van der Waals surface area contributed by atoms with E-state index in [1.165, 1.54) is 19.2 Å². The second kappa shape index (κ2) is 6.66. The highest BCUT2D eigenvalue weighted by Gasteiger charge is 2.26. The third-order valence-corrected chi connectivity index (χ3v) is 5.38. The molecule has 1 atom stereocenters. The van der Waals surface area contributed by atoms with Gasteiger partial charge in [0, 0.05) is 19.0 Å². The van der Waals surface area contributed by atoms with Gasteiger partial charge in [0.05, 0.1) is 17.7 Å². The van der Waals surface area contributed by atoms with Crippen LogP contribution in [0, 0.1) is 0 Å². The van der Waals surface area contributed by atoms with Gasteiger partial charge in [-0.3, -0.25) is 4.79 Å². The number of hydrogen-bond acceptors (Lipinski definition) is 4. The molecular weight excluding hydrogens is 304 g/mol. The van der Waals surface area contributed by atoms with Crippen molar-refractivity contribution >= 4 is 21.6 Å². The minimum Gasteiger partial charge on any atom is -0.495 e.